The van der Waals surface area contributed by atoms with Gasteiger partial charge in [-0.25, -0.2) is 0 Å². The van der Waals surface area contributed by atoms with Crippen molar-refractivity contribution >= 4 is 11.0 Å². The van der Waals surface area contributed by atoms with Crippen LogP contribution in [0.4, 0.5) is 0 Å². The highest BCUT2D eigenvalue weighted by Crippen LogP contribution is 2.40. The highest BCUT2D eigenvalue weighted by molar-refractivity contribution is 5.88. The summed E-state index contributed by atoms with van der Waals surface area (Å²) in [6.07, 6.45) is -16.4. The van der Waals surface area contributed by atoms with E-state index in [0.717, 1.165) is 12.1 Å². The molecule has 1 aromatic heterocycles. The molecule has 2 saturated heterocycles. The summed E-state index contributed by atoms with van der Waals surface area (Å²) >= 11 is 0. The van der Waals surface area contributed by atoms with Crippen LogP contribution in [0.5, 0.6) is 28.7 Å². The molecule has 0 amide bonds. The monoisotopic (exact) mass is 624 g/mol. The summed E-state index contributed by atoms with van der Waals surface area (Å²) < 4.78 is 33.4. The molecule has 2 aliphatic rings. The number of aromatic hydroxyl groups is 3. The van der Waals surface area contributed by atoms with E-state index < -0.39 is 90.7 Å². The highest BCUT2D eigenvalue weighted by atomic mass is 16.7. The lowest BCUT2D eigenvalue weighted by atomic mass is 9.97. The van der Waals surface area contributed by atoms with E-state index in [-0.39, 0.29) is 33.8 Å². The van der Waals surface area contributed by atoms with Crippen molar-refractivity contribution in [2.45, 2.75) is 68.3 Å². The van der Waals surface area contributed by atoms with Crippen molar-refractivity contribution in [1.82, 2.24) is 0 Å². The molecule has 240 valence electrons. The molecule has 0 unspecified atom stereocenters. The molecular formula is C28H32O16. The van der Waals surface area contributed by atoms with Crippen LogP contribution in [0.1, 0.15) is 6.92 Å². The fourth-order valence-corrected chi connectivity index (χ4v) is 5.09. The highest BCUT2D eigenvalue weighted by Gasteiger charge is 2.50. The molecule has 0 saturated carbocycles. The van der Waals surface area contributed by atoms with Gasteiger partial charge in [-0.1, -0.05) is 0 Å². The van der Waals surface area contributed by atoms with Gasteiger partial charge < -0.3 is 74.1 Å². The summed E-state index contributed by atoms with van der Waals surface area (Å²) in [6, 6.07) is 5.89. The average molecular weight is 625 g/mol. The van der Waals surface area contributed by atoms with Crippen LogP contribution in [0.2, 0.25) is 0 Å². The van der Waals surface area contributed by atoms with E-state index >= 15 is 0 Å². The molecule has 0 radical (unpaired) electrons. The SMILES string of the molecule is COc1cc(-c2oc3cc(O)cc(O)c3c(=O)c2O[C@@H]2O[C@@H](C)[C@H](O)[C@@H](O[C@@H]3O[C@H](CO)[C@H](O)[C@H](O)[C@H]3O)[C@H]2O)ccc1O. The number of aliphatic hydroxyl groups is 6. The predicted molar refractivity (Wildman–Crippen MR) is 145 cm³/mol. The largest absolute Gasteiger partial charge is 0.508 e. The molecule has 5 rings (SSSR count). The minimum atomic E-state index is -1.90. The van der Waals surface area contributed by atoms with Crippen LogP contribution in [0.15, 0.2) is 39.5 Å². The third kappa shape index (κ3) is 5.63. The quantitative estimate of drug-likeness (QED) is 0.147. The number of hydrogen-bond donors (Lipinski definition) is 9. The minimum Gasteiger partial charge on any atom is -0.508 e. The van der Waals surface area contributed by atoms with Gasteiger partial charge in [0, 0.05) is 17.7 Å². The van der Waals surface area contributed by atoms with Gasteiger partial charge in [-0.05, 0) is 25.1 Å². The predicted octanol–water partition coefficient (Wildman–Crippen LogP) is -1.38. The molecule has 0 aliphatic carbocycles. The zero-order valence-electron chi connectivity index (χ0n) is 23.3. The first-order valence-electron chi connectivity index (χ1n) is 13.4. The molecule has 9 N–H and O–H groups in total. The number of aliphatic hydroxyl groups excluding tert-OH is 6. The Morgan fingerprint density at radius 1 is 0.841 bits per heavy atom. The maximum atomic E-state index is 13.7. The van der Waals surface area contributed by atoms with Crippen LogP contribution < -0.4 is 14.9 Å². The van der Waals surface area contributed by atoms with E-state index in [2.05, 4.69) is 0 Å². The summed E-state index contributed by atoms with van der Waals surface area (Å²) in [5, 5.41) is 92.2. The second kappa shape index (κ2) is 12.4. The Labute approximate surface area is 248 Å². The van der Waals surface area contributed by atoms with Crippen LogP contribution in [0.3, 0.4) is 0 Å². The van der Waals surface area contributed by atoms with Gasteiger partial charge in [-0.15, -0.1) is 0 Å². The van der Waals surface area contributed by atoms with Crippen molar-refractivity contribution in [3.05, 3.63) is 40.6 Å². The summed E-state index contributed by atoms with van der Waals surface area (Å²) in [7, 11) is 1.29. The number of methoxy groups -OCH3 is 1. The third-order valence-corrected chi connectivity index (χ3v) is 7.52. The second-order valence-corrected chi connectivity index (χ2v) is 10.4. The molecule has 3 heterocycles. The zero-order chi connectivity index (χ0) is 32.0. The van der Waals surface area contributed by atoms with Gasteiger partial charge in [0.1, 0.15) is 65.2 Å². The van der Waals surface area contributed by atoms with E-state index in [1.54, 1.807) is 0 Å². The number of ether oxygens (including phenoxy) is 5. The van der Waals surface area contributed by atoms with Gasteiger partial charge in [0.25, 0.3) is 0 Å². The zero-order valence-corrected chi connectivity index (χ0v) is 23.3. The minimum absolute atomic E-state index is 0.00589. The van der Waals surface area contributed by atoms with Crippen molar-refractivity contribution < 1.29 is 74.1 Å². The Morgan fingerprint density at radius 3 is 2.25 bits per heavy atom. The van der Waals surface area contributed by atoms with Crippen LogP contribution in [0.25, 0.3) is 22.3 Å². The number of fused-ring (bicyclic) bond motifs is 1. The maximum Gasteiger partial charge on any atom is 0.239 e. The molecular weight excluding hydrogens is 592 g/mol. The van der Waals surface area contributed by atoms with Crippen LogP contribution in [-0.2, 0) is 14.2 Å². The Kier molecular flexibility index (Phi) is 8.90. The molecule has 2 aromatic carbocycles. The average Bonchev–Trinajstić information content (AvgIpc) is 2.98. The van der Waals surface area contributed by atoms with Gasteiger partial charge in [-0.2, -0.15) is 0 Å². The summed E-state index contributed by atoms with van der Waals surface area (Å²) in [5.41, 5.74) is -1.06. The Morgan fingerprint density at radius 2 is 1.57 bits per heavy atom. The molecule has 16 nitrogen and oxygen atoms in total. The fraction of sp³-hybridized carbons (Fsp3) is 0.464. The first-order valence-corrected chi connectivity index (χ1v) is 13.4. The molecule has 2 fully saturated rings. The van der Waals surface area contributed by atoms with E-state index in [1.807, 2.05) is 0 Å². The van der Waals surface area contributed by atoms with E-state index in [4.69, 9.17) is 28.1 Å². The number of phenolic OH excluding ortho intramolecular Hbond substituents is 3. The topological polar surface area (TPSA) is 258 Å². The first kappa shape index (κ1) is 31.7. The van der Waals surface area contributed by atoms with Gasteiger partial charge in [0.05, 0.1) is 19.8 Å². The maximum absolute atomic E-state index is 13.7. The fourth-order valence-electron chi connectivity index (χ4n) is 5.09. The number of rotatable bonds is 7. The smallest absolute Gasteiger partial charge is 0.239 e. The number of benzene rings is 2. The summed E-state index contributed by atoms with van der Waals surface area (Å²) in [5.74, 6) is -2.18. The van der Waals surface area contributed by atoms with Crippen molar-refractivity contribution in [1.29, 1.82) is 0 Å². The standard InChI is InChI=1S/C28H32O16/c1-9-18(33)25(43-27-22(37)21(36)19(34)16(8-29)42-27)23(38)28(40-9)44-26-20(35)17-13(32)6-11(30)7-15(17)41-24(26)10-3-4-12(31)14(5-10)39-2/h3-7,9,16,18-19,21-23,25,27-34,36-38H,8H2,1-2H3/t9-,16+,18-,19-,21-,22+,23+,25+,27-,28-/m0/s1. The number of hydrogen-bond acceptors (Lipinski definition) is 16. The van der Waals surface area contributed by atoms with E-state index in [0.29, 0.717) is 0 Å². The Hall–Kier alpha value is -3.71. The third-order valence-electron chi connectivity index (χ3n) is 7.52. The van der Waals surface area contributed by atoms with Crippen LogP contribution in [0, 0.1) is 0 Å². The van der Waals surface area contributed by atoms with E-state index in [9.17, 15) is 50.8 Å². The second-order valence-electron chi connectivity index (χ2n) is 10.4. The lowest BCUT2D eigenvalue weighted by molar-refractivity contribution is -0.350. The lowest BCUT2D eigenvalue weighted by Gasteiger charge is -2.45. The molecule has 2 aliphatic heterocycles. The van der Waals surface area contributed by atoms with Gasteiger partial charge >= 0.3 is 0 Å². The van der Waals surface area contributed by atoms with Gasteiger partial charge in [-0.3, -0.25) is 4.79 Å². The van der Waals surface area contributed by atoms with Crippen molar-refractivity contribution in [2.75, 3.05) is 13.7 Å². The van der Waals surface area contributed by atoms with Crippen LogP contribution >= 0.6 is 0 Å². The van der Waals surface area contributed by atoms with Crippen molar-refractivity contribution in [3.63, 3.8) is 0 Å². The summed E-state index contributed by atoms with van der Waals surface area (Å²) in [4.78, 5) is 13.7. The molecule has 44 heavy (non-hydrogen) atoms. The molecule has 0 spiro atoms. The first-order chi connectivity index (χ1) is 20.9. The lowest BCUT2D eigenvalue weighted by Crippen LogP contribution is -2.64. The normalized spacial score (nSPS) is 32.5. The molecule has 0 bridgehead atoms. The molecule has 10 atom stereocenters. The Balaban J connectivity index is 1.54. The van der Waals surface area contributed by atoms with Gasteiger partial charge in [0.2, 0.25) is 17.5 Å². The van der Waals surface area contributed by atoms with Gasteiger partial charge in [0.15, 0.2) is 23.5 Å². The van der Waals surface area contributed by atoms with E-state index in [1.165, 1.54) is 32.2 Å². The van der Waals surface area contributed by atoms with Crippen molar-refractivity contribution in [2.24, 2.45) is 0 Å². The summed E-state index contributed by atoms with van der Waals surface area (Å²) in [6.45, 7) is 0.638. The molecule has 16 heteroatoms. The van der Waals surface area contributed by atoms with Crippen molar-refractivity contribution in [3.8, 4) is 40.1 Å². The molecule has 3 aromatic rings. The Bertz CT molecular complexity index is 1550. The van der Waals surface area contributed by atoms with Crippen LogP contribution in [-0.4, -0.2) is 121 Å². The number of phenols is 3.